The number of carbonyl (C=O) groups is 1. The Morgan fingerprint density at radius 3 is 2.65 bits per heavy atom. The number of rotatable bonds is 5. The first-order chi connectivity index (χ1) is 8.09. The highest BCUT2D eigenvalue weighted by Crippen LogP contribution is 2.15. The van der Waals surface area contributed by atoms with Crippen LogP contribution < -0.4 is 0 Å². The van der Waals surface area contributed by atoms with Crippen molar-refractivity contribution in [3.05, 3.63) is 47.6 Å². The smallest absolute Gasteiger partial charge is 0.185 e. The summed E-state index contributed by atoms with van der Waals surface area (Å²) in [6.07, 6.45) is 14.9. The van der Waals surface area contributed by atoms with Crippen molar-refractivity contribution in [2.45, 2.75) is 40.0 Å². The lowest BCUT2D eigenvalue weighted by molar-refractivity contribution is -0.111. The minimum Gasteiger partial charge on any atom is -0.289 e. The van der Waals surface area contributed by atoms with Crippen LogP contribution in [0.5, 0.6) is 0 Å². The predicted octanol–water partition coefficient (Wildman–Crippen LogP) is 4.38. The molecule has 1 rings (SSSR count). The average molecular weight is 230 g/mol. The van der Waals surface area contributed by atoms with Crippen LogP contribution in [0.4, 0.5) is 0 Å². The maximum Gasteiger partial charge on any atom is 0.185 e. The molecule has 0 bridgehead atoms. The Labute approximate surface area is 105 Å². The van der Waals surface area contributed by atoms with E-state index in [9.17, 15) is 4.79 Å². The fourth-order valence-electron chi connectivity index (χ4n) is 1.75. The lowest BCUT2D eigenvalue weighted by Crippen LogP contribution is -2.00. The molecule has 17 heavy (non-hydrogen) atoms. The molecule has 0 unspecified atom stereocenters. The van der Waals surface area contributed by atoms with E-state index in [-0.39, 0.29) is 5.78 Å². The molecule has 1 atom stereocenters. The monoisotopic (exact) mass is 230 g/mol. The molecule has 0 amide bonds. The Balaban J connectivity index is 2.37. The van der Waals surface area contributed by atoms with E-state index in [1.807, 2.05) is 12.2 Å². The lowest BCUT2D eigenvalue weighted by Gasteiger charge is -2.08. The summed E-state index contributed by atoms with van der Waals surface area (Å²) in [4.78, 5) is 11.5. The van der Waals surface area contributed by atoms with Gasteiger partial charge in [0.1, 0.15) is 0 Å². The first-order valence-corrected chi connectivity index (χ1v) is 6.32. The zero-order valence-electron chi connectivity index (χ0n) is 11.1. The fraction of sp³-hybridized carbons (Fsp3) is 0.438. The van der Waals surface area contributed by atoms with Gasteiger partial charge in [0.05, 0.1) is 0 Å². The van der Waals surface area contributed by atoms with Gasteiger partial charge in [0, 0.05) is 5.57 Å². The summed E-state index contributed by atoms with van der Waals surface area (Å²) in [5, 5.41) is 0. The van der Waals surface area contributed by atoms with Gasteiger partial charge in [-0.15, -0.1) is 0 Å². The summed E-state index contributed by atoms with van der Waals surface area (Å²) >= 11 is 0. The SMILES string of the molecule is CC(C)=CCC[C@@H](C)C/C=C1/C=CC=CC1=O. The number of carbonyl (C=O) groups excluding carboxylic acids is 1. The Morgan fingerprint density at radius 2 is 2.00 bits per heavy atom. The third-order valence-electron chi connectivity index (χ3n) is 2.87. The summed E-state index contributed by atoms with van der Waals surface area (Å²) < 4.78 is 0. The zero-order valence-corrected chi connectivity index (χ0v) is 11.1. The number of ketones is 1. The van der Waals surface area contributed by atoms with Crippen LogP contribution in [0, 0.1) is 5.92 Å². The molecule has 0 aromatic heterocycles. The van der Waals surface area contributed by atoms with Crippen LogP contribution in [0.3, 0.4) is 0 Å². The fourth-order valence-corrected chi connectivity index (χ4v) is 1.75. The minimum absolute atomic E-state index is 0.129. The van der Waals surface area contributed by atoms with Crippen molar-refractivity contribution in [3.63, 3.8) is 0 Å². The third kappa shape index (κ3) is 5.48. The van der Waals surface area contributed by atoms with Crippen molar-refractivity contribution in [2.75, 3.05) is 0 Å². The van der Waals surface area contributed by atoms with Gasteiger partial charge in [-0.05, 0) is 45.1 Å². The van der Waals surface area contributed by atoms with Crippen LogP contribution in [0.25, 0.3) is 0 Å². The molecule has 1 aliphatic rings. The number of allylic oxidation sites excluding steroid dienone is 8. The van der Waals surface area contributed by atoms with E-state index in [1.54, 1.807) is 12.2 Å². The molecule has 0 heterocycles. The van der Waals surface area contributed by atoms with Gasteiger partial charge in [0.15, 0.2) is 5.78 Å². The lowest BCUT2D eigenvalue weighted by atomic mass is 9.97. The molecule has 0 N–H and O–H groups in total. The molecule has 0 aliphatic heterocycles. The van der Waals surface area contributed by atoms with Crippen molar-refractivity contribution in [1.29, 1.82) is 0 Å². The first-order valence-electron chi connectivity index (χ1n) is 6.32. The maximum absolute atomic E-state index is 11.5. The summed E-state index contributed by atoms with van der Waals surface area (Å²) in [6.45, 7) is 6.50. The minimum atomic E-state index is 0.129. The molecule has 0 spiro atoms. The first kappa shape index (κ1) is 13.7. The summed E-state index contributed by atoms with van der Waals surface area (Å²) in [5.74, 6) is 0.759. The molecule has 0 fully saturated rings. The Morgan fingerprint density at radius 1 is 1.29 bits per heavy atom. The van der Waals surface area contributed by atoms with Gasteiger partial charge in [-0.1, -0.05) is 42.9 Å². The van der Waals surface area contributed by atoms with Crippen molar-refractivity contribution >= 4 is 5.78 Å². The van der Waals surface area contributed by atoms with E-state index < -0.39 is 0 Å². The van der Waals surface area contributed by atoms with E-state index in [0.717, 1.165) is 18.4 Å². The van der Waals surface area contributed by atoms with E-state index >= 15 is 0 Å². The summed E-state index contributed by atoms with van der Waals surface area (Å²) in [6, 6.07) is 0. The van der Waals surface area contributed by atoms with E-state index in [2.05, 4.69) is 32.9 Å². The van der Waals surface area contributed by atoms with Gasteiger partial charge >= 0.3 is 0 Å². The quantitative estimate of drug-likeness (QED) is 0.506. The maximum atomic E-state index is 11.5. The van der Waals surface area contributed by atoms with Crippen LogP contribution >= 0.6 is 0 Å². The Kier molecular flexibility index (Phi) is 5.68. The molecule has 0 saturated heterocycles. The standard InChI is InChI=1S/C16H22O/c1-13(2)7-6-8-14(3)11-12-15-9-4-5-10-16(15)17/h4-5,7,9-10,12,14H,6,8,11H2,1-3H3/b15-12-/t14-/m1/s1. The van der Waals surface area contributed by atoms with Crippen molar-refractivity contribution in [3.8, 4) is 0 Å². The summed E-state index contributed by atoms with van der Waals surface area (Å²) in [7, 11) is 0. The Hall–Kier alpha value is -1.37. The van der Waals surface area contributed by atoms with Crippen LogP contribution in [0.1, 0.15) is 40.0 Å². The van der Waals surface area contributed by atoms with Gasteiger partial charge in [-0.2, -0.15) is 0 Å². The van der Waals surface area contributed by atoms with Gasteiger partial charge < -0.3 is 0 Å². The second kappa shape index (κ2) is 7.05. The second-order valence-corrected chi connectivity index (χ2v) is 4.94. The van der Waals surface area contributed by atoms with Gasteiger partial charge in [-0.25, -0.2) is 0 Å². The third-order valence-corrected chi connectivity index (χ3v) is 2.87. The average Bonchev–Trinajstić information content (AvgIpc) is 2.27. The molecule has 0 saturated carbocycles. The van der Waals surface area contributed by atoms with Crippen molar-refractivity contribution in [1.82, 2.24) is 0 Å². The predicted molar refractivity (Wildman–Crippen MR) is 73.8 cm³/mol. The topological polar surface area (TPSA) is 17.1 Å². The van der Waals surface area contributed by atoms with Gasteiger partial charge in [0.25, 0.3) is 0 Å². The van der Waals surface area contributed by atoms with Crippen LogP contribution in [-0.4, -0.2) is 5.78 Å². The molecule has 0 aromatic rings. The zero-order chi connectivity index (χ0) is 12.7. The van der Waals surface area contributed by atoms with E-state index in [0.29, 0.717) is 5.92 Å². The molecule has 92 valence electrons. The van der Waals surface area contributed by atoms with Gasteiger partial charge in [0.2, 0.25) is 0 Å². The second-order valence-electron chi connectivity index (χ2n) is 4.94. The van der Waals surface area contributed by atoms with Crippen LogP contribution in [0.2, 0.25) is 0 Å². The molecule has 0 radical (unpaired) electrons. The van der Waals surface area contributed by atoms with Crippen molar-refractivity contribution in [2.24, 2.45) is 5.92 Å². The van der Waals surface area contributed by atoms with E-state index in [1.165, 1.54) is 12.0 Å². The highest BCUT2D eigenvalue weighted by molar-refractivity contribution is 6.07. The van der Waals surface area contributed by atoms with Gasteiger partial charge in [-0.3, -0.25) is 4.79 Å². The molecule has 0 aromatic carbocycles. The van der Waals surface area contributed by atoms with Crippen molar-refractivity contribution < 1.29 is 4.79 Å². The highest BCUT2D eigenvalue weighted by Gasteiger charge is 2.06. The van der Waals surface area contributed by atoms with Crippen LogP contribution in [-0.2, 0) is 4.79 Å². The molecule has 1 aliphatic carbocycles. The largest absolute Gasteiger partial charge is 0.289 e. The molecular formula is C16H22O. The number of hydrogen-bond acceptors (Lipinski definition) is 1. The van der Waals surface area contributed by atoms with E-state index in [4.69, 9.17) is 0 Å². The summed E-state index contributed by atoms with van der Waals surface area (Å²) in [5.41, 5.74) is 2.22. The Bertz CT molecular complexity index is 376. The highest BCUT2D eigenvalue weighted by atomic mass is 16.1. The molecular weight excluding hydrogens is 208 g/mol. The molecule has 1 heteroatoms. The van der Waals surface area contributed by atoms with Crippen LogP contribution in [0.15, 0.2) is 47.6 Å². The number of hydrogen-bond donors (Lipinski definition) is 0. The molecule has 1 nitrogen and oxygen atoms in total. The normalized spacial score (nSPS) is 18.5.